The van der Waals surface area contributed by atoms with Crippen LogP contribution in [0.15, 0.2) is 65.6 Å². The maximum atomic E-state index is 13.5. The first-order valence-corrected chi connectivity index (χ1v) is 11.5. The highest BCUT2D eigenvalue weighted by Crippen LogP contribution is 2.28. The molecule has 1 saturated heterocycles. The van der Waals surface area contributed by atoms with Crippen molar-refractivity contribution in [3.63, 3.8) is 0 Å². The van der Waals surface area contributed by atoms with Gasteiger partial charge in [0, 0.05) is 43.3 Å². The molecule has 4 rings (SSSR count). The van der Waals surface area contributed by atoms with Gasteiger partial charge in [0.25, 0.3) is 0 Å². The number of benzene rings is 2. The predicted molar refractivity (Wildman–Crippen MR) is 131 cm³/mol. The zero-order valence-corrected chi connectivity index (χ0v) is 19.7. The van der Waals surface area contributed by atoms with Gasteiger partial charge in [0.1, 0.15) is 12.3 Å². The van der Waals surface area contributed by atoms with Crippen LogP contribution in [-0.2, 0) is 6.61 Å². The maximum Gasteiger partial charge on any atom is 0.316 e. The van der Waals surface area contributed by atoms with Gasteiger partial charge < -0.3 is 9.64 Å². The molecule has 0 saturated carbocycles. The average molecular weight is 472 g/mol. The van der Waals surface area contributed by atoms with Crippen molar-refractivity contribution < 1.29 is 4.74 Å². The van der Waals surface area contributed by atoms with E-state index in [1.165, 1.54) is 4.68 Å². The number of rotatable bonds is 7. The second-order valence-corrected chi connectivity index (χ2v) is 9.49. The molecule has 0 atom stereocenters. The number of ether oxygens (including phenoxy) is 1. The second-order valence-electron chi connectivity index (χ2n) is 7.64. The number of hydrogen-bond acceptors (Lipinski definition) is 7. The summed E-state index contributed by atoms with van der Waals surface area (Å²) in [6.07, 6.45) is 1.72. The van der Waals surface area contributed by atoms with Crippen molar-refractivity contribution in [3.05, 3.63) is 81.7 Å². The molecule has 0 N–H and O–H groups in total. The summed E-state index contributed by atoms with van der Waals surface area (Å²) in [5, 5.41) is 4.99. The molecule has 0 spiro atoms. The molecule has 0 unspecified atom stereocenters. The SMILES string of the molecule is CN(C)SN1CCN(c2cnn(-c3cccc(Cl)c3)c(=O)c2OCc2ccccc2)CC1. The van der Waals surface area contributed by atoms with Crippen LogP contribution in [0.3, 0.4) is 0 Å². The Labute approximate surface area is 197 Å². The molecule has 1 aliphatic rings. The van der Waals surface area contributed by atoms with Crippen LogP contribution in [0.4, 0.5) is 5.69 Å². The number of aromatic nitrogens is 2. The summed E-state index contributed by atoms with van der Waals surface area (Å²) in [7, 11) is 4.07. The molecular formula is C23H26ClN5O2S. The molecule has 2 aromatic carbocycles. The zero-order chi connectivity index (χ0) is 22.5. The van der Waals surface area contributed by atoms with Crippen LogP contribution in [-0.4, -0.2) is 58.7 Å². The van der Waals surface area contributed by atoms with Crippen LogP contribution in [0.25, 0.3) is 5.69 Å². The molecule has 7 nitrogen and oxygen atoms in total. The lowest BCUT2D eigenvalue weighted by Crippen LogP contribution is -2.45. The lowest BCUT2D eigenvalue weighted by atomic mass is 10.2. The Hall–Kier alpha value is -2.52. The Kier molecular flexibility index (Phi) is 7.36. The van der Waals surface area contributed by atoms with Gasteiger partial charge in [-0.3, -0.25) is 4.79 Å². The number of halogens is 1. The number of hydrogen-bond donors (Lipinski definition) is 0. The second kappa shape index (κ2) is 10.4. The van der Waals surface area contributed by atoms with Crippen LogP contribution in [0, 0.1) is 0 Å². The van der Waals surface area contributed by atoms with E-state index in [2.05, 4.69) is 18.6 Å². The van der Waals surface area contributed by atoms with Gasteiger partial charge in [0.15, 0.2) is 0 Å². The highest BCUT2D eigenvalue weighted by atomic mass is 35.5. The third-order valence-corrected chi connectivity index (χ3v) is 6.21. The quantitative estimate of drug-likeness (QED) is 0.487. The number of nitrogens with zero attached hydrogens (tertiary/aromatic N) is 5. The number of piperazine rings is 1. The van der Waals surface area contributed by atoms with Crippen molar-refractivity contribution in [2.75, 3.05) is 45.2 Å². The van der Waals surface area contributed by atoms with Crippen molar-refractivity contribution in [3.8, 4) is 11.4 Å². The summed E-state index contributed by atoms with van der Waals surface area (Å²) in [5.74, 6) is 0.303. The molecule has 0 aliphatic carbocycles. The van der Waals surface area contributed by atoms with Gasteiger partial charge in [-0.1, -0.05) is 48.0 Å². The molecular weight excluding hydrogens is 446 g/mol. The topological polar surface area (TPSA) is 53.8 Å². The van der Waals surface area contributed by atoms with Crippen molar-refractivity contribution in [2.24, 2.45) is 0 Å². The summed E-state index contributed by atoms with van der Waals surface area (Å²) < 4.78 is 11.8. The Morgan fingerprint density at radius 3 is 2.50 bits per heavy atom. The average Bonchev–Trinajstić information content (AvgIpc) is 2.79. The summed E-state index contributed by atoms with van der Waals surface area (Å²) in [4.78, 5) is 15.6. The van der Waals surface area contributed by atoms with Gasteiger partial charge >= 0.3 is 5.56 Å². The van der Waals surface area contributed by atoms with E-state index in [1.54, 1.807) is 42.6 Å². The van der Waals surface area contributed by atoms with E-state index in [1.807, 2.05) is 44.4 Å². The Balaban J connectivity index is 1.64. The molecule has 0 amide bonds. The van der Waals surface area contributed by atoms with Gasteiger partial charge in [-0.15, -0.1) is 0 Å². The standard InChI is InChI=1S/C23H26ClN5O2S/c1-26(2)32-28-13-11-27(12-14-28)21-16-25-29(20-10-6-9-19(24)15-20)23(30)22(21)31-17-18-7-4-3-5-8-18/h3-10,15-16H,11-14,17H2,1-2H3. The highest BCUT2D eigenvalue weighted by Gasteiger charge is 2.24. The normalized spacial score (nSPS) is 14.7. The minimum atomic E-state index is -0.300. The zero-order valence-electron chi connectivity index (χ0n) is 18.1. The molecule has 1 aliphatic heterocycles. The molecule has 0 bridgehead atoms. The van der Waals surface area contributed by atoms with E-state index in [9.17, 15) is 4.79 Å². The fraction of sp³-hybridized carbons (Fsp3) is 0.304. The van der Waals surface area contributed by atoms with Gasteiger partial charge in [0.05, 0.1) is 11.9 Å². The first-order valence-electron chi connectivity index (χ1n) is 10.4. The molecule has 2 heterocycles. The minimum absolute atomic E-state index is 0.300. The summed E-state index contributed by atoms with van der Waals surface area (Å²) in [6, 6.07) is 16.9. The summed E-state index contributed by atoms with van der Waals surface area (Å²) in [5.41, 5.74) is 2.02. The van der Waals surface area contributed by atoms with Crippen LogP contribution in [0.2, 0.25) is 5.02 Å². The highest BCUT2D eigenvalue weighted by molar-refractivity contribution is 7.94. The Bertz CT molecular complexity index is 1100. The maximum absolute atomic E-state index is 13.5. The van der Waals surface area contributed by atoms with Gasteiger partial charge in [-0.25, -0.2) is 8.61 Å². The molecule has 32 heavy (non-hydrogen) atoms. The molecule has 3 aromatic rings. The predicted octanol–water partition coefficient (Wildman–Crippen LogP) is 3.71. The first-order chi connectivity index (χ1) is 15.5. The van der Waals surface area contributed by atoms with Gasteiger partial charge in [-0.2, -0.15) is 9.78 Å². The van der Waals surface area contributed by atoms with E-state index in [0.29, 0.717) is 23.1 Å². The summed E-state index contributed by atoms with van der Waals surface area (Å²) in [6.45, 7) is 3.62. The molecule has 1 aromatic heterocycles. The summed E-state index contributed by atoms with van der Waals surface area (Å²) >= 11 is 7.84. The minimum Gasteiger partial charge on any atom is -0.481 e. The molecule has 1 fully saturated rings. The molecule has 168 valence electrons. The van der Waals surface area contributed by atoms with Crippen LogP contribution in [0.1, 0.15) is 5.56 Å². The van der Waals surface area contributed by atoms with E-state index < -0.39 is 0 Å². The van der Waals surface area contributed by atoms with E-state index in [0.717, 1.165) is 37.4 Å². The van der Waals surface area contributed by atoms with E-state index >= 15 is 0 Å². The van der Waals surface area contributed by atoms with Crippen LogP contribution < -0.4 is 15.2 Å². The van der Waals surface area contributed by atoms with Crippen molar-refractivity contribution in [2.45, 2.75) is 6.61 Å². The van der Waals surface area contributed by atoms with Crippen molar-refractivity contribution in [1.29, 1.82) is 0 Å². The van der Waals surface area contributed by atoms with Crippen molar-refractivity contribution in [1.82, 2.24) is 18.4 Å². The largest absolute Gasteiger partial charge is 0.481 e. The third kappa shape index (κ3) is 5.45. The fourth-order valence-corrected chi connectivity index (χ4v) is 4.53. The Morgan fingerprint density at radius 1 is 1.06 bits per heavy atom. The monoisotopic (exact) mass is 471 g/mol. The number of anilines is 1. The molecule has 0 radical (unpaired) electrons. The molecule has 9 heteroatoms. The van der Waals surface area contributed by atoms with Gasteiger partial charge in [-0.05, 0) is 37.9 Å². The van der Waals surface area contributed by atoms with E-state index in [4.69, 9.17) is 16.3 Å². The van der Waals surface area contributed by atoms with Gasteiger partial charge in [0.2, 0.25) is 5.75 Å². The van der Waals surface area contributed by atoms with Crippen molar-refractivity contribution >= 4 is 29.4 Å². The smallest absolute Gasteiger partial charge is 0.316 e. The van der Waals surface area contributed by atoms with Crippen LogP contribution in [0.5, 0.6) is 5.75 Å². The lowest BCUT2D eigenvalue weighted by molar-refractivity contribution is 0.298. The lowest BCUT2D eigenvalue weighted by Gasteiger charge is -2.36. The fourth-order valence-electron chi connectivity index (χ4n) is 3.55. The van der Waals surface area contributed by atoms with E-state index in [-0.39, 0.29) is 5.56 Å². The first kappa shape index (κ1) is 22.7. The third-order valence-electron chi connectivity index (χ3n) is 5.05. The van der Waals surface area contributed by atoms with Crippen LogP contribution >= 0.6 is 23.7 Å². The Morgan fingerprint density at radius 2 is 1.81 bits per heavy atom.